The molecule has 4 rings (SSSR count). The molecule has 0 atom stereocenters. The lowest BCUT2D eigenvalue weighted by atomic mass is 10.1. The van der Waals surface area contributed by atoms with E-state index in [1.807, 2.05) is 24.8 Å². The zero-order valence-electron chi connectivity index (χ0n) is 11.5. The first-order valence-corrected chi connectivity index (χ1v) is 7.02. The fourth-order valence-corrected chi connectivity index (χ4v) is 2.78. The van der Waals surface area contributed by atoms with E-state index in [-0.39, 0.29) is 0 Å². The van der Waals surface area contributed by atoms with Gasteiger partial charge >= 0.3 is 0 Å². The minimum absolute atomic E-state index is 0.814. The Morgan fingerprint density at radius 2 is 1.76 bits per heavy atom. The van der Waals surface area contributed by atoms with E-state index in [2.05, 4.69) is 63.1 Å². The van der Waals surface area contributed by atoms with Gasteiger partial charge in [0.15, 0.2) is 0 Å². The normalized spacial score (nSPS) is 11.0. The Bertz CT molecular complexity index is 858. The molecule has 0 aliphatic carbocycles. The molecule has 0 spiro atoms. The third-order valence-electron chi connectivity index (χ3n) is 3.78. The van der Waals surface area contributed by atoms with Crippen LogP contribution in [0.25, 0.3) is 22.2 Å². The minimum atomic E-state index is 0.814. The van der Waals surface area contributed by atoms with Crippen LogP contribution in [0.2, 0.25) is 0 Å². The first-order chi connectivity index (χ1) is 10.4. The highest BCUT2D eigenvalue weighted by molar-refractivity contribution is 5.90. The molecule has 0 radical (unpaired) electrons. The molecule has 0 unspecified atom stereocenters. The van der Waals surface area contributed by atoms with E-state index >= 15 is 0 Å². The number of imidazole rings is 1. The lowest BCUT2D eigenvalue weighted by molar-refractivity contribution is 0.804. The summed E-state index contributed by atoms with van der Waals surface area (Å²) < 4.78 is 2.10. The van der Waals surface area contributed by atoms with Crippen molar-refractivity contribution in [1.29, 1.82) is 0 Å². The van der Waals surface area contributed by atoms with E-state index in [0.717, 1.165) is 6.54 Å². The molecule has 0 bridgehead atoms. The summed E-state index contributed by atoms with van der Waals surface area (Å²) in [5, 5.41) is 1.27. The summed E-state index contributed by atoms with van der Waals surface area (Å²) in [7, 11) is 0. The zero-order valence-corrected chi connectivity index (χ0v) is 11.5. The molecule has 102 valence electrons. The van der Waals surface area contributed by atoms with Gasteiger partial charge in [-0.25, -0.2) is 4.98 Å². The molecule has 0 aliphatic heterocycles. The fourth-order valence-electron chi connectivity index (χ4n) is 2.78. The van der Waals surface area contributed by atoms with E-state index in [9.17, 15) is 0 Å². The molecule has 2 aromatic carbocycles. The molecule has 2 aromatic heterocycles. The van der Waals surface area contributed by atoms with Crippen LogP contribution in [0.15, 0.2) is 73.3 Å². The predicted octanol–water partition coefficient (Wildman–Crippen LogP) is 4.08. The second-order valence-electron chi connectivity index (χ2n) is 5.13. The molecular formula is C18H15N3. The third kappa shape index (κ3) is 2.13. The highest BCUT2D eigenvalue weighted by Crippen LogP contribution is 2.30. The van der Waals surface area contributed by atoms with Gasteiger partial charge in [-0.05, 0) is 11.6 Å². The van der Waals surface area contributed by atoms with Gasteiger partial charge in [0.05, 0.1) is 18.6 Å². The SMILES string of the molecule is c1ccc(-c2[nH]c3ccccc3c2Cn2ccnc2)cc1. The average molecular weight is 273 g/mol. The van der Waals surface area contributed by atoms with Crippen LogP contribution in [0.3, 0.4) is 0 Å². The molecule has 0 aliphatic rings. The van der Waals surface area contributed by atoms with E-state index in [1.165, 1.54) is 27.7 Å². The molecule has 0 saturated heterocycles. The summed E-state index contributed by atoms with van der Waals surface area (Å²) in [6.45, 7) is 0.814. The Morgan fingerprint density at radius 1 is 0.952 bits per heavy atom. The number of nitrogens with zero attached hydrogens (tertiary/aromatic N) is 2. The summed E-state index contributed by atoms with van der Waals surface area (Å²) in [4.78, 5) is 7.70. The minimum Gasteiger partial charge on any atom is -0.354 e. The van der Waals surface area contributed by atoms with Crippen molar-refractivity contribution in [2.45, 2.75) is 6.54 Å². The third-order valence-corrected chi connectivity index (χ3v) is 3.78. The molecular weight excluding hydrogens is 258 g/mol. The number of hydrogen-bond acceptors (Lipinski definition) is 1. The molecule has 4 aromatic rings. The first kappa shape index (κ1) is 12.0. The van der Waals surface area contributed by atoms with Crippen LogP contribution in [-0.4, -0.2) is 14.5 Å². The standard InChI is InChI=1S/C18H15N3/c1-2-6-14(7-3-1)18-16(12-21-11-10-19-13-21)15-8-4-5-9-17(15)20-18/h1-11,13,20H,12H2. The Labute approximate surface area is 122 Å². The van der Waals surface area contributed by atoms with Gasteiger partial charge in [0.2, 0.25) is 0 Å². The maximum atomic E-state index is 4.14. The van der Waals surface area contributed by atoms with Crippen LogP contribution < -0.4 is 0 Å². The molecule has 0 amide bonds. The molecule has 3 nitrogen and oxygen atoms in total. The number of rotatable bonds is 3. The number of aromatic amines is 1. The zero-order chi connectivity index (χ0) is 14.1. The monoisotopic (exact) mass is 273 g/mol. The lowest BCUT2D eigenvalue weighted by Gasteiger charge is -2.06. The van der Waals surface area contributed by atoms with Gasteiger partial charge in [-0.3, -0.25) is 0 Å². The highest BCUT2D eigenvalue weighted by Gasteiger charge is 2.12. The van der Waals surface area contributed by atoms with Crippen molar-refractivity contribution in [2.24, 2.45) is 0 Å². The van der Waals surface area contributed by atoms with Crippen molar-refractivity contribution in [3.63, 3.8) is 0 Å². The average Bonchev–Trinajstić information content (AvgIpc) is 3.17. The molecule has 1 N–H and O–H groups in total. The summed E-state index contributed by atoms with van der Waals surface area (Å²) in [6, 6.07) is 18.9. The van der Waals surface area contributed by atoms with E-state index in [0.29, 0.717) is 0 Å². The second kappa shape index (κ2) is 4.94. The predicted molar refractivity (Wildman–Crippen MR) is 85.1 cm³/mol. The Kier molecular flexibility index (Phi) is 2.82. The van der Waals surface area contributed by atoms with Gasteiger partial charge in [-0.1, -0.05) is 48.5 Å². The molecule has 2 heterocycles. The molecule has 0 fully saturated rings. The van der Waals surface area contributed by atoms with Crippen molar-refractivity contribution in [3.05, 3.63) is 78.9 Å². The van der Waals surface area contributed by atoms with Gasteiger partial charge in [0.1, 0.15) is 0 Å². The van der Waals surface area contributed by atoms with Crippen molar-refractivity contribution >= 4 is 10.9 Å². The Morgan fingerprint density at radius 3 is 2.57 bits per heavy atom. The largest absolute Gasteiger partial charge is 0.354 e. The van der Waals surface area contributed by atoms with Gasteiger partial charge in [-0.2, -0.15) is 0 Å². The van der Waals surface area contributed by atoms with Gasteiger partial charge in [0.25, 0.3) is 0 Å². The second-order valence-corrected chi connectivity index (χ2v) is 5.13. The van der Waals surface area contributed by atoms with Crippen LogP contribution in [0.1, 0.15) is 5.56 Å². The number of H-pyrrole nitrogens is 1. The maximum Gasteiger partial charge on any atom is 0.0949 e. The summed E-state index contributed by atoms with van der Waals surface area (Å²) >= 11 is 0. The van der Waals surface area contributed by atoms with Gasteiger partial charge < -0.3 is 9.55 Å². The van der Waals surface area contributed by atoms with Crippen LogP contribution in [0, 0.1) is 0 Å². The summed E-state index contributed by atoms with van der Waals surface area (Å²) in [5.74, 6) is 0. The number of hydrogen-bond donors (Lipinski definition) is 1. The van der Waals surface area contributed by atoms with Crippen LogP contribution in [0.5, 0.6) is 0 Å². The summed E-state index contributed by atoms with van der Waals surface area (Å²) in [5.41, 5.74) is 4.87. The van der Waals surface area contributed by atoms with Gasteiger partial charge in [0, 0.05) is 28.9 Å². The number of fused-ring (bicyclic) bond motifs is 1. The van der Waals surface area contributed by atoms with Crippen molar-refractivity contribution < 1.29 is 0 Å². The Hall–Kier alpha value is -2.81. The van der Waals surface area contributed by atoms with Crippen molar-refractivity contribution in [1.82, 2.24) is 14.5 Å². The molecule has 21 heavy (non-hydrogen) atoms. The number of para-hydroxylation sites is 1. The maximum absolute atomic E-state index is 4.14. The molecule has 0 saturated carbocycles. The van der Waals surface area contributed by atoms with Crippen LogP contribution >= 0.6 is 0 Å². The number of benzene rings is 2. The van der Waals surface area contributed by atoms with Crippen LogP contribution in [0.4, 0.5) is 0 Å². The quantitative estimate of drug-likeness (QED) is 0.599. The van der Waals surface area contributed by atoms with E-state index in [4.69, 9.17) is 0 Å². The van der Waals surface area contributed by atoms with Crippen LogP contribution in [-0.2, 0) is 6.54 Å². The first-order valence-electron chi connectivity index (χ1n) is 7.02. The van der Waals surface area contributed by atoms with E-state index < -0.39 is 0 Å². The summed E-state index contributed by atoms with van der Waals surface area (Å²) in [6.07, 6.45) is 5.67. The van der Waals surface area contributed by atoms with Gasteiger partial charge in [-0.15, -0.1) is 0 Å². The highest BCUT2D eigenvalue weighted by atomic mass is 15.0. The van der Waals surface area contributed by atoms with Crippen molar-refractivity contribution in [2.75, 3.05) is 0 Å². The fraction of sp³-hybridized carbons (Fsp3) is 0.0556. The topological polar surface area (TPSA) is 33.6 Å². The molecule has 3 heteroatoms. The lowest BCUT2D eigenvalue weighted by Crippen LogP contribution is -1.97. The van der Waals surface area contributed by atoms with Crippen molar-refractivity contribution in [3.8, 4) is 11.3 Å². The smallest absolute Gasteiger partial charge is 0.0949 e. The number of aromatic nitrogens is 3. The Balaban J connectivity index is 1.93. The number of nitrogens with one attached hydrogen (secondary N) is 1. The van der Waals surface area contributed by atoms with E-state index in [1.54, 1.807) is 0 Å².